The van der Waals surface area contributed by atoms with Crippen molar-refractivity contribution in [2.45, 2.75) is 39.9 Å². The van der Waals surface area contributed by atoms with Gasteiger partial charge in [0.2, 0.25) is 5.91 Å². The minimum Gasteiger partial charge on any atom is -0.339 e. The first kappa shape index (κ1) is 20.6. The van der Waals surface area contributed by atoms with Gasteiger partial charge in [-0.05, 0) is 31.9 Å². The van der Waals surface area contributed by atoms with Crippen LogP contribution in [-0.2, 0) is 24.9 Å². The normalized spacial score (nSPS) is 15.6. The summed E-state index contributed by atoms with van der Waals surface area (Å²) in [6, 6.07) is 8.86. The Hall–Kier alpha value is -2.18. The van der Waals surface area contributed by atoms with Gasteiger partial charge >= 0.3 is 0 Å². The lowest BCUT2D eigenvalue weighted by Crippen LogP contribution is -2.51. The summed E-state index contributed by atoms with van der Waals surface area (Å²) in [6.45, 7) is 12.1. The molecule has 1 fully saturated rings. The fourth-order valence-electron chi connectivity index (χ4n) is 3.67. The third kappa shape index (κ3) is 5.42. The van der Waals surface area contributed by atoms with E-state index < -0.39 is 0 Å². The Kier molecular flexibility index (Phi) is 6.86. The van der Waals surface area contributed by atoms with Gasteiger partial charge in [0.1, 0.15) is 0 Å². The summed E-state index contributed by atoms with van der Waals surface area (Å²) < 4.78 is 1.81. The van der Waals surface area contributed by atoms with E-state index in [1.165, 1.54) is 11.1 Å². The molecular weight excluding hydrogens is 350 g/mol. The van der Waals surface area contributed by atoms with Crippen LogP contribution in [0.15, 0.2) is 36.7 Å². The van der Waals surface area contributed by atoms with Gasteiger partial charge in [-0.2, -0.15) is 5.10 Å². The zero-order valence-electron chi connectivity index (χ0n) is 17.6. The van der Waals surface area contributed by atoms with Crippen molar-refractivity contribution >= 4 is 5.91 Å². The molecule has 0 unspecified atom stereocenters. The number of carbonyl (C=O) groups is 1. The highest BCUT2D eigenvalue weighted by atomic mass is 16.2. The molecule has 0 spiro atoms. The molecule has 0 bridgehead atoms. The van der Waals surface area contributed by atoms with Gasteiger partial charge in [-0.15, -0.1) is 0 Å². The van der Waals surface area contributed by atoms with Gasteiger partial charge in [0, 0.05) is 64.1 Å². The Balaban J connectivity index is 1.50. The van der Waals surface area contributed by atoms with E-state index in [1.54, 1.807) is 0 Å². The quantitative estimate of drug-likeness (QED) is 0.736. The van der Waals surface area contributed by atoms with Crippen molar-refractivity contribution in [1.29, 1.82) is 0 Å². The lowest BCUT2D eigenvalue weighted by molar-refractivity contribution is -0.134. The molecule has 1 aromatic carbocycles. The number of aromatic nitrogens is 2. The molecule has 0 N–H and O–H groups in total. The lowest BCUT2D eigenvalue weighted by Gasteiger charge is -2.36. The maximum absolute atomic E-state index is 12.9. The molecule has 6 nitrogen and oxygen atoms in total. The van der Waals surface area contributed by atoms with Crippen molar-refractivity contribution in [2.24, 2.45) is 7.05 Å². The molecule has 1 aliphatic rings. The summed E-state index contributed by atoms with van der Waals surface area (Å²) in [5, 5.41) is 4.24. The molecule has 3 rings (SSSR count). The SMILES string of the molecule is Cc1ccccc1CN1CCN(C(=O)CN(Cc2cnn(C)c2)C(C)C)CC1. The Morgan fingerprint density at radius 2 is 1.89 bits per heavy atom. The van der Waals surface area contributed by atoms with Gasteiger partial charge in [-0.25, -0.2) is 0 Å². The topological polar surface area (TPSA) is 44.6 Å². The summed E-state index contributed by atoms with van der Waals surface area (Å²) in [4.78, 5) is 19.6. The number of piperazine rings is 1. The van der Waals surface area contributed by atoms with Crippen LogP contribution in [0.2, 0.25) is 0 Å². The second kappa shape index (κ2) is 9.34. The van der Waals surface area contributed by atoms with Gasteiger partial charge in [0.15, 0.2) is 0 Å². The van der Waals surface area contributed by atoms with Crippen molar-refractivity contribution in [3.8, 4) is 0 Å². The molecule has 1 amide bonds. The Morgan fingerprint density at radius 1 is 1.18 bits per heavy atom. The average molecular weight is 384 g/mol. The maximum atomic E-state index is 12.9. The third-order valence-corrected chi connectivity index (χ3v) is 5.59. The van der Waals surface area contributed by atoms with Crippen molar-refractivity contribution in [2.75, 3.05) is 32.7 Å². The number of amides is 1. The highest BCUT2D eigenvalue weighted by Gasteiger charge is 2.24. The van der Waals surface area contributed by atoms with Crippen molar-refractivity contribution in [3.63, 3.8) is 0 Å². The fourth-order valence-corrected chi connectivity index (χ4v) is 3.67. The van der Waals surface area contributed by atoms with Crippen LogP contribution >= 0.6 is 0 Å². The van der Waals surface area contributed by atoms with E-state index in [4.69, 9.17) is 0 Å². The number of hydrogen-bond acceptors (Lipinski definition) is 4. The van der Waals surface area contributed by atoms with E-state index in [-0.39, 0.29) is 5.91 Å². The van der Waals surface area contributed by atoms with Crippen LogP contribution in [0.25, 0.3) is 0 Å². The molecule has 0 atom stereocenters. The smallest absolute Gasteiger partial charge is 0.236 e. The summed E-state index contributed by atoms with van der Waals surface area (Å²) in [5.41, 5.74) is 3.86. The fraction of sp³-hybridized carbons (Fsp3) is 0.545. The lowest BCUT2D eigenvalue weighted by atomic mass is 10.1. The minimum atomic E-state index is 0.230. The first-order chi connectivity index (χ1) is 13.4. The predicted molar refractivity (Wildman–Crippen MR) is 112 cm³/mol. The molecule has 2 heterocycles. The van der Waals surface area contributed by atoms with Crippen LogP contribution in [0.1, 0.15) is 30.5 Å². The molecule has 6 heteroatoms. The number of hydrogen-bond donors (Lipinski definition) is 0. The largest absolute Gasteiger partial charge is 0.339 e. The van der Waals surface area contributed by atoms with Gasteiger partial charge in [0.25, 0.3) is 0 Å². The monoisotopic (exact) mass is 383 g/mol. The van der Waals surface area contributed by atoms with E-state index in [9.17, 15) is 4.79 Å². The molecule has 0 radical (unpaired) electrons. The molecule has 1 saturated heterocycles. The average Bonchev–Trinajstić information content (AvgIpc) is 3.08. The summed E-state index contributed by atoms with van der Waals surface area (Å²) in [7, 11) is 1.92. The van der Waals surface area contributed by atoms with Crippen LogP contribution < -0.4 is 0 Å². The highest BCUT2D eigenvalue weighted by Crippen LogP contribution is 2.14. The first-order valence-electron chi connectivity index (χ1n) is 10.2. The standard InChI is InChI=1S/C22H33N5O/c1-18(2)27(15-20-13-23-24(4)14-20)17-22(28)26-11-9-25(10-12-26)16-21-8-6-5-7-19(21)3/h5-8,13-14,18H,9-12,15-17H2,1-4H3. The first-order valence-corrected chi connectivity index (χ1v) is 10.2. The van der Waals surface area contributed by atoms with Crippen molar-refractivity contribution in [3.05, 3.63) is 53.3 Å². The number of benzene rings is 1. The number of nitrogens with zero attached hydrogens (tertiary/aromatic N) is 5. The van der Waals surface area contributed by atoms with E-state index >= 15 is 0 Å². The second-order valence-electron chi connectivity index (χ2n) is 8.10. The van der Waals surface area contributed by atoms with Gasteiger partial charge in [-0.1, -0.05) is 24.3 Å². The van der Waals surface area contributed by atoms with Crippen molar-refractivity contribution in [1.82, 2.24) is 24.5 Å². The molecule has 0 aliphatic carbocycles. The zero-order valence-corrected chi connectivity index (χ0v) is 17.6. The van der Waals surface area contributed by atoms with Crippen LogP contribution in [0.5, 0.6) is 0 Å². The summed E-state index contributed by atoms with van der Waals surface area (Å²) in [5.74, 6) is 0.230. The predicted octanol–water partition coefficient (Wildman–Crippen LogP) is 2.28. The van der Waals surface area contributed by atoms with E-state index in [0.717, 1.165) is 44.8 Å². The highest BCUT2D eigenvalue weighted by molar-refractivity contribution is 5.78. The number of rotatable bonds is 7. The van der Waals surface area contributed by atoms with Gasteiger partial charge in [0.05, 0.1) is 12.7 Å². The third-order valence-electron chi connectivity index (χ3n) is 5.59. The van der Waals surface area contributed by atoms with E-state index in [2.05, 4.69) is 59.9 Å². The Morgan fingerprint density at radius 3 is 2.50 bits per heavy atom. The molecule has 1 aliphatic heterocycles. The Bertz CT molecular complexity index is 777. The molecule has 28 heavy (non-hydrogen) atoms. The molecule has 2 aromatic rings. The van der Waals surface area contributed by atoms with Crippen LogP contribution in [-0.4, -0.2) is 69.2 Å². The zero-order chi connectivity index (χ0) is 20.1. The molecule has 152 valence electrons. The second-order valence-corrected chi connectivity index (χ2v) is 8.10. The Labute approximate surface area is 168 Å². The molecule has 1 aromatic heterocycles. The number of carbonyl (C=O) groups excluding carboxylic acids is 1. The van der Waals surface area contributed by atoms with Crippen molar-refractivity contribution < 1.29 is 4.79 Å². The van der Waals surface area contributed by atoms with E-state index in [0.29, 0.717) is 12.6 Å². The maximum Gasteiger partial charge on any atom is 0.236 e. The van der Waals surface area contributed by atoms with Crippen LogP contribution in [0.4, 0.5) is 0 Å². The molecule has 0 saturated carbocycles. The summed E-state index contributed by atoms with van der Waals surface area (Å²) in [6.07, 6.45) is 3.90. The number of aryl methyl sites for hydroxylation is 2. The summed E-state index contributed by atoms with van der Waals surface area (Å²) >= 11 is 0. The van der Waals surface area contributed by atoms with Crippen LogP contribution in [0, 0.1) is 6.92 Å². The van der Waals surface area contributed by atoms with Gasteiger partial charge < -0.3 is 4.90 Å². The van der Waals surface area contributed by atoms with Gasteiger partial charge in [-0.3, -0.25) is 19.3 Å². The molecular formula is C22H33N5O. The van der Waals surface area contributed by atoms with Crippen LogP contribution in [0.3, 0.4) is 0 Å². The minimum absolute atomic E-state index is 0.230. The van der Waals surface area contributed by atoms with E-state index in [1.807, 2.05) is 29.0 Å².